The topological polar surface area (TPSA) is 21.3 Å². The van der Waals surface area contributed by atoms with Gasteiger partial charge in [0.05, 0.1) is 0 Å². The third-order valence-corrected chi connectivity index (χ3v) is 3.47. The molecule has 2 rings (SSSR count). The fourth-order valence-electron chi connectivity index (χ4n) is 2.45. The Bertz CT molecular complexity index is 331. The average Bonchev–Trinajstić information content (AvgIpc) is 2.65. The molecule has 1 fully saturated rings. The lowest BCUT2D eigenvalue weighted by atomic mass is 10.1. The zero-order valence-electron chi connectivity index (χ0n) is 10.8. The molecule has 0 saturated heterocycles. The molecule has 0 radical (unpaired) electrons. The first-order chi connectivity index (χ1) is 8.84. The number of nitrogens with one attached hydrogen (secondary N) is 1. The molecule has 0 aliphatic heterocycles. The van der Waals surface area contributed by atoms with E-state index in [1.54, 1.807) is 12.1 Å². The van der Waals surface area contributed by atoms with Crippen LogP contribution in [-0.2, 0) is 0 Å². The first kappa shape index (κ1) is 13.3. The Morgan fingerprint density at radius 1 is 1.06 bits per heavy atom. The van der Waals surface area contributed by atoms with E-state index in [9.17, 15) is 4.39 Å². The van der Waals surface area contributed by atoms with Crippen molar-refractivity contribution in [1.82, 2.24) is 5.32 Å². The van der Waals surface area contributed by atoms with Gasteiger partial charge in [0, 0.05) is 12.6 Å². The van der Waals surface area contributed by atoms with E-state index in [0.717, 1.165) is 12.3 Å². The van der Waals surface area contributed by atoms with Crippen molar-refractivity contribution in [3.63, 3.8) is 0 Å². The van der Waals surface area contributed by atoms with E-state index in [1.165, 1.54) is 50.7 Å². The van der Waals surface area contributed by atoms with Gasteiger partial charge in [0.25, 0.3) is 0 Å². The fraction of sp³-hybridized carbons (Fsp3) is 0.600. The summed E-state index contributed by atoms with van der Waals surface area (Å²) in [5.74, 6) is 0.512. The minimum Gasteiger partial charge on any atom is -0.492 e. The molecule has 0 heterocycles. The van der Waals surface area contributed by atoms with Crippen molar-refractivity contribution in [3.8, 4) is 5.75 Å². The number of halogens is 1. The predicted molar refractivity (Wildman–Crippen MR) is 71.4 cm³/mol. The van der Waals surface area contributed by atoms with E-state index >= 15 is 0 Å². The highest BCUT2D eigenvalue weighted by Gasteiger charge is 2.10. The van der Waals surface area contributed by atoms with Gasteiger partial charge in [-0.15, -0.1) is 0 Å². The molecular weight excluding hydrogens is 229 g/mol. The lowest BCUT2D eigenvalue weighted by Crippen LogP contribution is -2.32. The minimum absolute atomic E-state index is 0.223. The lowest BCUT2D eigenvalue weighted by Gasteiger charge is -2.16. The Balaban J connectivity index is 1.61. The second kappa shape index (κ2) is 7.37. The molecular formula is C15H22FNO. The fourth-order valence-corrected chi connectivity index (χ4v) is 2.45. The highest BCUT2D eigenvalue weighted by Crippen LogP contribution is 2.17. The number of hydrogen-bond donors (Lipinski definition) is 1. The highest BCUT2D eigenvalue weighted by molar-refractivity contribution is 5.21. The molecule has 1 saturated carbocycles. The summed E-state index contributed by atoms with van der Waals surface area (Å²) in [7, 11) is 0. The Labute approximate surface area is 109 Å². The molecule has 1 N–H and O–H groups in total. The van der Waals surface area contributed by atoms with Gasteiger partial charge in [-0.05, 0) is 37.1 Å². The summed E-state index contributed by atoms with van der Waals surface area (Å²) in [6, 6.07) is 6.84. The van der Waals surface area contributed by atoms with Gasteiger partial charge >= 0.3 is 0 Å². The van der Waals surface area contributed by atoms with Crippen LogP contribution >= 0.6 is 0 Å². The van der Waals surface area contributed by atoms with E-state index in [4.69, 9.17) is 4.74 Å². The zero-order valence-corrected chi connectivity index (χ0v) is 10.8. The van der Waals surface area contributed by atoms with E-state index in [2.05, 4.69) is 5.32 Å². The summed E-state index contributed by atoms with van der Waals surface area (Å²) in [6.45, 7) is 1.50. The van der Waals surface area contributed by atoms with Gasteiger partial charge in [-0.25, -0.2) is 4.39 Å². The summed E-state index contributed by atoms with van der Waals surface area (Å²) < 4.78 is 18.2. The van der Waals surface area contributed by atoms with Gasteiger partial charge in [0.1, 0.15) is 18.2 Å². The zero-order chi connectivity index (χ0) is 12.6. The van der Waals surface area contributed by atoms with E-state index in [-0.39, 0.29) is 5.82 Å². The molecule has 1 aromatic carbocycles. The maximum atomic E-state index is 12.7. The summed E-state index contributed by atoms with van der Waals surface area (Å²) in [5.41, 5.74) is 0. The largest absolute Gasteiger partial charge is 0.492 e. The molecule has 0 unspecified atom stereocenters. The van der Waals surface area contributed by atoms with E-state index in [0.29, 0.717) is 12.6 Å². The van der Waals surface area contributed by atoms with Crippen molar-refractivity contribution in [2.45, 2.75) is 44.6 Å². The molecule has 1 aromatic rings. The van der Waals surface area contributed by atoms with E-state index in [1.807, 2.05) is 0 Å². The summed E-state index contributed by atoms with van der Waals surface area (Å²) in [4.78, 5) is 0. The van der Waals surface area contributed by atoms with Crippen LogP contribution in [0.4, 0.5) is 4.39 Å². The number of ether oxygens (including phenoxy) is 1. The standard InChI is InChI=1S/C15H22FNO/c16-13-7-9-15(10-8-13)18-12-11-17-14-5-3-1-2-4-6-14/h7-10,14,17H,1-6,11-12H2. The quantitative estimate of drug-likeness (QED) is 0.638. The minimum atomic E-state index is -0.223. The second-order valence-corrected chi connectivity index (χ2v) is 4.94. The smallest absolute Gasteiger partial charge is 0.123 e. The molecule has 0 amide bonds. The molecule has 0 atom stereocenters. The van der Waals surface area contributed by atoms with Crippen molar-refractivity contribution in [2.75, 3.05) is 13.2 Å². The Morgan fingerprint density at radius 3 is 2.39 bits per heavy atom. The molecule has 100 valence electrons. The Morgan fingerprint density at radius 2 is 1.72 bits per heavy atom. The normalized spacial score (nSPS) is 17.4. The van der Waals surface area contributed by atoms with Crippen molar-refractivity contribution in [3.05, 3.63) is 30.1 Å². The van der Waals surface area contributed by atoms with Crippen LogP contribution in [0.5, 0.6) is 5.75 Å². The van der Waals surface area contributed by atoms with E-state index < -0.39 is 0 Å². The monoisotopic (exact) mass is 251 g/mol. The molecule has 0 bridgehead atoms. The lowest BCUT2D eigenvalue weighted by molar-refractivity contribution is 0.300. The number of rotatable bonds is 5. The summed E-state index contributed by atoms with van der Waals surface area (Å²) in [6.07, 6.45) is 8.02. The predicted octanol–water partition coefficient (Wildman–Crippen LogP) is 3.52. The number of hydrogen-bond acceptors (Lipinski definition) is 2. The summed E-state index contributed by atoms with van der Waals surface area (Å²) >= 11 is 0. The molecule has 1 aliphatic rings. The van der Waals surface area contributed by atoms with Crippen LogP contribution in [0.3, 0.4) is 0 Å². The van der Waals surface area contributed by atoms with Gasteiger partial charge in [0.2, 0.25) is 0 Å². The van der Waals surface area contributed by atoms with Crippen LogP contribution < -0.4 is 10.1 Å². The van der Waals surface area contributed by atoms with Crippen LogP contribution in [0.2, 0.25) is 0 Å². The van der Waals surface area contributed by atoms with Crippen molar-refractivity contribution < 1.29 is 9.13 Å². The van der Waals surface area contributed by atoms with Gasteiger partial charge in [-0.2, -0.15) is 0 Å². The molecule has 1 aliphatic carbocycles. The first-order valence-corrected chi connectivity index (χ1v) is 6.96. The van der Waals surface area contributed by atoms with Crippen LogP contribution in [0.25, 0.3) is 0 Å². The first-order valence-electron chi connectivity index (χ1n) is 6.96. The van der Waals surface area contributed by atoms with Gasteiger partial charge in [0.15, 0.2) is 0 Å². The third kappa shape index (κ3) is 4.65. The number of benzene rings is 1. The highest BCUT2D eigenvalue weighted by atomic mass is 19.1. The van der Waals surface area contributed by atoms with Crippen molar-refractivity contribution in [2.24, 2.45) is 0 Å². The second-order valence-electron chi connectivity index (χ2n) is 4.94. The molecule has 0 spiro atoms. The van der Waals surface area contributed by atoms with Gasteiger partial charge < -0.3 is 10.1 Å². The molecule has 2 nitrogen and oxygen atoms in total. The molecule has 3 heteroatoms. The SMILES string of the molecule is Fc1ccc(OCCNC2CCCCCC2)cc1. The maximum absolute atomic E-state index is 12.7. The van der Waals surface area contributed by atoms with Crippen LogP contribution in [0, 0.1) is 5.82 Å². The van der Waals surface area contributed by atoms with Gasteiger partial charge in [-0.3, -0.25) is 0 Å². The third-order valence-electron chi connectivity index (χ3n) is 3.47. The van der Waals surface area contributed by atoms with Crippen LogP contribution in [-0.4, -0.2) is 19.2 Å². The summed E-state index contributed by atoms with van der Waals surface area (Å²) in [5, 5.41) is 3.54. The van der Waals surface area contributed by atoms with Crippen LogP contribution in [0.1, 0.15) is 38.5 Å². The van der Waals surface area contributed by atoms with Crippen molar-refractivity contribution in [1.29, 1.82) is 0 Å². The molecule has 0 aromatic heterocycles. The van der Waals surface area contributed by atoms with Crippen molar-refractivity contribution >= 4 is 0 Å². The Hall–Kier alpha value is -1.09. The maximum Gasteiger partial charge on any atom is 0.123 e. The van der Waals surface area contributed by atoms with Gasteiger partial charge in [-0.1, -0.05) is 25.7 Å². The van der Waals surface area contributed by atoms with Crippen LogP contribution in [0.15, 0.2) is 24.3 Å². The molecule has 18 heavy (non-hydrogen) atoms. The Kier molecular flexibility index (Phi) is 5.46. The average molecular weight is 251 g/mol.